The summed E-state index contributed by atoms with van der Waals surface area (Å²) in [5.74, 6) is -1.07. The fourth-order valence-corrected chi connectivity index (χ4v) is 11.3. The molecule has 2 aliphatic carbocycles. The molecule has 0 bridgehead atoms. The Labute approximate surface area is 335 Å². The maximum absolute atomic E-state index is 13.7. The highest BCUT2D eigenvalue weighted by Crippen LogP contribution is 2.57. The zero-order valence-electron chi connectivity index (χ0n) is 34.6. The highest BCUT2D eigenvalue weighted by molar-refractivity contribution is 5.74. The number of hydrogen-bond donors (Lipinski definition) is 2. The molecule has 5 saturated heterocycles. The molecule has 0 unspecified atom stereocenters. The maximum atomic E-state index is 13.7. The molecule has 0 radical (unpaired) electrons. The number of allylic oxidation sites excluding steroid dienone is 1. The highest BCUT2D eigenvalue weighted by Gasteiger charge is 2.58. The van der Waals surface area contributed by atoms with Gasteiger partial charge in [-0.15, -0.1) is 0 Å². The summed E-state index contributed by atoms with van der Waals surface area (Å²) in [6.45, 7) is 10.2. The summed E-state index contributed by atoms with van der Waals surface area (Å²) in [6, 6.07) is 0. The van der Waals surface area contributed by atoms with Gasteiger partial charge in [0.1, 0.15) is 36.6 Å². The van der Waals surface area contributed by atoms with E-state index in [1.807, 2.05) is 27.0 Å². The molecular formula is C42H64O15. The van der Waals surface area contributed by atoms with Gasteiger partial charge in [0.25, 0.3) is 0 Å². The van der Waals surface area contributed by atoms with E-state index in [4.69, 9.17) is 56.8 Å². The Hall–Kier alpha value is -1.73. The molecule has 8 aliphatic rings. The first-order valence-corrected chi connectivity index (χ1v) is 21.0. The number of rotatable bonds is 9. The first-order chi connectivity index (χ1) is 27.3. The summed E-state index contributed by atoms with van der Waals surface area (Å²) in [4.78, 5) is 13.7. The average molecular weight is 809 g/mol. The van der Waals surface area contributed by atoms with Crippen LogP contribution in [0, 0.1) is 23.2 Å². The van der Waals surface area contributed by atoms with Gasteiger partial charge in [-0.25, -0.2) is 0 Å². The van der Waals surface area contributed by atoms with Gasteiger partial charge in [0.15, 0.2) is 18.9 Å². The number of methoxy groups -OCH3 is 3. The van der Waals surface area contributed by atoms with Crippen molar-refractivity contribution in [2.45, 2.75) is 184 Å². The van der Waals surface area contributed by atoms with E-state index in [2.05, 4.69) is 13.0 Å². The van der Waals surface area contributed by atoms with Gasteiger partial charge < -0.3 is 67.1 Å². The van der Waals surface area contributed by atoms with E-state index in [1.54, 1.807) is 28.3 Å². The van der Waals surface area contributed by atoms with Crippen LogP contribution in [0.4, 0.5) is 0 Å². The largest absolute Gasteiger partial charge is 0.469 e. The maximum Gasteiger partial charge on any atom is 0.309 e. The third-order valence-electron chi connectivity index (χ3n) is 14.6. The number of aliphatic hydroxyl groups is 2. The molecular weight excluding hydrogens is 744 g/mol. The quantitative estimate of drug-likeness (QED) is 0.256. The Morgan fingerprint density at radius 3 is 2.25 bits per heavy atom. The molecule has 6 heterocycles. The van der Waals surface area contributed by atoms with Gasteiger partial charge in [0.2, 0.25) is 5.79 Å². The third kappa shape index (κ3) is 7.76. The molecule has 8 rings (SSSR count). The molecule has 322 valence electrons. The Kier molecular flexibility index (Phi) is 12.2. The monoisotopic (exact) mass is 808 g/mol. The predicted octanol–water partition coefficient (Wildman–Crippen LogP) is 3.66. The summed E-state index contributed by atoms with van der Waals surface area (Å²) in [7, 11) is 4.74. The number of hydrogen-bond acceptors (Lipinski definition) is 15. The van der Waals surface area contributed by atoms with E-state index in [1.165, 1.54) is 11.1 Å². The Balaban J connectivity index is 0.877. The number of aliphatic hydroxyl groups excluding tert-OH is 2. The van der Waals surface area contributed by atoms with Crippen molar-refractivity contribution in [3.05, 3.63) is 23.5 Å². The molecule has 2 N–H and O–H groups in total. The summed E-state index contributed by atoms with van der Waals surface area (Å²) in [6.07, 6.45) is 0.723. The molecule has 1 saturated carbocycles. The third-order valence-corrected chi connectivity index (χ3v) is 14.6. The van der Waals surface area contributed by atoms with Gasteiger partial charge in [-0.05, 0) is 76.2 Å². The summed E-state index contributed by atoms with van der Waals surface area (Å²) in [5, 5.41) is 22.0. The van der Waals surface area contributed by atoms with Gasteiger partial charge in [0, 0.05) is 41.1 Å². The van der Waals surface area contributed by atoms with Crippen LogP contribution in [-0.4, -0.2) is 142 Å². The molecule has 15 nitrogen and oxygen atoms in total. The van der Waals surface area contributed by atoms with E-state index in [0.717, 1.165) is 25.7 Å². The average Bonchev–Trinajstić information content (AvgIpc) is 3.70. The van der Waals surface area contributed by atoms with E-state index in [9.17, 15) is 15.0 Å². The first-order valence-electron chi connectivity index (χ1n) is 21.0. The topological polar surface area (TPSA) is 168 Å². The minimum absolute atomic E-state index is 0.0721. The van der Waals surface area contributed by atoms with Crippen LogP contribution in [0.3, 0.4) is 0 Å². The van der Waals surface area contributed by atoms with E-state index >= 15 is 0 Å². The van der Waals surface area contributed by atoms with Crippen molar-refractivity contribution in [2.75, 3.05) is 27.9 Å². The number of carbonyl (C=O) groups is 1. The number of carbonyl (C=O) groups excluding carboxylic acids is 1. The first kappa shape index (κ1) is 42.0. The van der Waals surface area contributed by atoms with Crippen LogP contribution in [-0.2, 0) is 61.6 Å². The second-order valence-corrected chi connectivity index (χ2v) is 17.9. The smallest absolute Gasteiger partial charge is 0.309 e. The second kappa shape index (κ2) is 16.6. The zero-order valence-corrected chi connectivity index (χ0v) is 34.6. The van der Waals surface area contributed by atoms with Crippen LogP contribution in [0.2, 0.25) is 0 Å². The Morgan fingerprint density at radius 2 is 1.51 bits per heavy atom. The van der Waals surface area contributed by atoms with Gasteiger partial charge in [-0.2, -0.15) is 0 Å². The molecule has 0 aromatic heterocycles. The molecule has 6 fully saturated rings. The summed E-state index contributed by atoms with van der Waals surface area (Å²) in [5.41, 5.74) is 2.27. The molecule has 0 amide bonds. The number of fused-ring (bicyclic) bond motifs is 3. The molecule has 0 spiro atoms. The van der Waals surface area contributed by atoms with Crippen molar-refractivity contribution in [1.82, 2.24) is 0 Å². The lowest BCUT2D eigenvalue weighted by Gasteiger charge is -2.51. The van der Waals surface area contributed by atoms with Crippen LogP contribution in [0.1, 0.15) is 86.0 Å². The van der Waals surface area contributed by atoms with Crippen LogP contribution < -0.4 is 0 Å². The molecule has 0 aromatic rings. The molecule has 57 heavy (non-hydrogen) atoms. The fraction of sp³-hybridized carbons (Fsp3) is 0.881. The minimum Gasteiger partial charge on any atom is -0.469 e. The Bertz CT molecular complexity index is 1510. The van der Waals surface area contributed by atoms with E-state index < -0.39 is 79.6 Å². The van der Waals surface area contributed by atoms with Crippen LogP contribution in [0.5, 0.6) is 0 Å². The van der Waals surface area contributed by atoms with E-state index in [-0.39, 0.29) is 47.4 Å². The standard InChI is InChI=1S/C42H64O15/c1-20-34(43)28(46-6)16-31(51-20)56-36-21(2)52-32(17-29(36)47-7)57-37-22(3)53-40(35(44)38(37)48-8)54-25-13-14-41(4)24(15-25)10-11-26-27(41)12-9-23-18-49-42(5)33(23)30(19-50-42)55-39(26)45/h10,18,20-22,25-38,40,43-44H,9,11-17,19H2,1-8H3/t20-,21-,22+,25+,26-,27+,28-,29-,30+,31+,32+,33+,34-,35+,36-,37+,38+,40-,41+,42-/m1/s1. The lowest BCUT2D eigenvalue weighted by Crippen LogP contribution is -2.61. The van der Waals surface area contributed by atoms with Gasteiger partial charge in [-0.3, -0.25) is 4.79 Å². The fourth-order valence-electron chi connectivity index (χ4n) is 11.3. The highest BCUT2D eigenvalue weighted by atomic mass is 16.8. The van der Waals surface area contributed by atoms with Gasteiger partial charge in [0.05, 0.1) is 61.3 Å². The molecule has 20 atom stereocenters. The van der Waals surface area contributed by atoms with Crippen molar-refractivity contribution in [1.29, 1.82) is 0 Å². The lowest BCUT2D eigenvalue weighted by atomic mass is 9.55. The second-order valence-electron chi connectivity index (χ2n) is 17.9. The minimum atomic E-state index is -1.13. The van der Waals surface area contributed by atoms with Gasteiger partial charge in [-0.1, -0.05) is 18.6 Å². The zero-order chi connectivity index (χ0) is 40.4. The van der Waals surface area contributed by atoms with Crippen molar-refractivity contribution in [3.8, 4) is 0 Å². The number of ether oxygens (including phenoxy) is 12. The van der Waals surface area contributed by atoms with Crippen LogP contribution >= 0.6 is 0 Å². The molecule has 6 aliphatic heterocycles. The summed E-state index contributed by atoms with van der Waals surface area (Å²) >= 11 is 0. The number of esters is 1. The molecule has 15 heteroatoms. The van der Waals surface area contributed by atoms with E-state index in [0.29, 0.717) is 32.3 Å². The van der Waals surface area contributed by atoms with Crippen molar-refractivity contribution >= 4 is 5.97 Å². The van der Waals surface area contributed by atoms with Gasteiger partial charge >= 0.3 is 5.97 Å². The van der Waals surface area contributed by atoms with Crippen LogP contribution in [0.25, 0.3) is 0 Å². The van der Waals surface area contributed by atoms with Crippen LogP contribution in [0.15, 0.2) is 23.5 Å². The summed E-state index contributed by atoms with van der Waals surface area (Å²) < 4.78 is 73.4. The SMILES string of the molecule is CO[C@H]1[C@H](O)[C@@H](O[C@H]2CC[C@@]3(C)C(=CC[C@H]4C(=O)O[C@H]5CO[C@@]6(C)OC=C(CC[C@@H]43)[C@@H]56)C2)O[C@@H](C)[C@@H]1O[C@H]1C[C@@H](OC)[C@H](O[C@H]2C[C@@H](OC)[C@H](O)[C@@H](C)O2)[C@@H](C)O1. The normalized spacial score (nSPS) is 51.2. The van der Waals surface area contributed by atoms with Crippen molar-refractivity contribution in [3.63, 3.8) is 0 Å². The molecule has 0 aromatic carbocycles. The van der Waals surface area contributed by atoms with Crippen molar-refractivity contribution < 1.29 is 71.8 Å². The van der Waals surface area contributed by atoms with Crippen molar-refractivity contribution in [2.24, 2.45) is 23.2 Å². The lowest BCUT2D eigenvalue weighted by molar-refractivity contribution is -0.353. The predicted molar refractivity (Wildman–Crippen MR) is 199 cm³/mol. The Morgan fingerprint density at radius 1 is 0.807 bits per heavy atom.